The van der Waals surface area contributed by atoms with E-state index >= 15 is 0 Å². The van der Waals surface area contributed by atoms with E-state index < -0.39 is 0 Å². The van der Waals surface area contributed by atoms with Crippen LogP contribution >= 0.6 is 0 Å². The van der Waals surface area contributed by atoms with Gasteiger partial charge in [0.2, 0.25) is 0 Å². The van der Waals surface area contributed by atoms with Gasteiger partial charge in [-0.2, -0.15) is 0 Å². The first kappa shape index (κ1) is 13.4. The van der Waals surface area contributed by atoms with Crippen molar-refractivity contribution < 1.29 is 9.84 Å². The summed E-state index contributed by atoms with van der Waals surface area (Å²) in [5.74, 6) is 0.870. The molecule has 2 rings (SSSR count). The van der Waals surface area contributed by atoms with Gasteiger partial charge in [0, 0.05) is 12.0 Å². The molecule has 1 aliphatic rings. The van der Waals surface area contributed by atoms with Crippen LogP contribution in [-0.4, -0.2) is 11.2 Å². The summed E-state index contributed by atoms with van der Waals surface area (Å²) < 4.78 is 5.95. The summed E-state index contributed by atoms with van der Waals surface area (Å²) in [5, 5.41) is 10.1. The van der Waals surface area contributed by atoms with Crippen LogP contribution in [0.2, 0.25) is 0 Å². The van der Waals surface area contributed by atoms with Crippen LogP contribution in [0.4, 0.5) is 0 Å². The number of unbranched alkanes of at least 4 members (excludes halogenated alkanes) is 4. The summed E-state index contributed by atoms with van der Waals surface area (Å²) in [7, 11) is 0. The molecule has 0 amide bonds. The monoisotopic (exact) mass is 248 g/mol. The topological polar surface area (TPSA) is 29.5 Å². The van der Waals surface area contributed by atoms with Gasteiger partial charge in [0.15, 0.2) is 0 Å². The first-order chi connectivity index (χ1) is 8.81. The second-order valence-corrected chi connectivity index (χ2v) is 5.23. The Kier molecular flexibility index (Phi) is 5.06. The fourth-order valence-corrected chi connectivity index (χ4v) is 2.62. The standard InChI is InChI=1S/C16H24O2/c1-2-3-4-5-6-9-13-12-15(17)14-10-7-8-11-16(14)18-13/h7-8,10-11,13,15,17H,2-6,9,12H2,1H3/t13?,15-/m0/s1. The van der Waals surface area contributed by atoms with Gasteiger partial charge in [-0.25, -0.2) is 0 Å². The normalized spacial score (nSPS) is 22.3. The molecule has 0 saturated heterocycles. The van der Waals surface area contributed by atoms with Crippen molar-refractivity contribution in [1.82, 2.24) is 0 Å². The maximum atomic E-state index is 10.1. The summed E-state index contributed by atoms with van der Waals surface area (Å²) in [6, 6.07) is 7.84. The molecule has 1 aromatic rings. The lowest BCUT2D eigenvalue weighted by Crippen LogP contribution is -2.25. The molecule has 0 fully saturated rings. The van der Waals surface area contributed by atoms with Crippen LogP contribution in [0.3, 0.4) is 0 Å². The zero-order valence-corrected chi connectivity index (χ0v) is 11.3. The second-order valence-electron chi connectivity index (χ2n) is 5.23. The molecule has 0 spiro atoms. The first-order valence-electron chi connectivity index (χ1n) is 7.25. The summed E-state index contributed by atoms with van der Waals surface area (Å²) in [4.78, 5) is 0. The van der Waals surface area contributed by atoms with Gasteiger partial charge >= 0.3 is 0 Å². The van der Waals surface area contributed by atoms with E-state index in [0.717, 1.165) is 24.2 Å². The van der Waals surface area contributed by atoms with Crippen LogP contribution < -0.4 is 4.74 Å². The number of hydrogen-bond donors (Lipinski definition) is 1. The lowest BCUT2D eigenvalue weighted by atomic mass is 9.96. The fraction of sp³-hybridized carbons (Fsp3) is 0.625. The van der Waals surface area contributed by atoms with E-state index in [2.05, 4.69) is 6.92 Å². The third-order valence-electron chi connectivity index (χ3n) is 3.69. The van der Waals surface area contributed by atoms with Crippen molar-refractivity contribution in [2.45, 2.75) is 64.1 Å². The van der Waals surface area contributed by atoms with Crippen molar-refractivity contribution in [3.63, 3.8) is 0 Å². The quantitative estimate of drug-likeness (QED) is 0.763. The highest BCUT2D eigenvalue weighted by Gasteiger charge is 2.25. The largest absolute Gasteiger partial charge is 0.490 e. The number of para-hydroxylation sites is 1. The Morgan fingerprint density at radius 2 is 1.94 bits per heavy atom. The van der Waals surface area contributed by atoms with Crippen molar-refractivity contribution >= 4 is 0 Å². The van der Waals surface area contributed by atoms with Crippen molar-refractivity contribution in [2.24, 2.45) is 0 Å². The Bertz CT molecular complexity index is 362. The van der Waals surface area contributed by atoms with Crippen LogP contribution in [0.5, 0.6) is 5.75 Å². The Balaban J connectivity index is 1.80. The van der Waals surface area contributed by atoms with E-state index in [1.165, 1.54) is 32.1 Å². The summed E-state index contributed by atoms with van der Waals surface area (Å²) in [6.07, 6.45) is 8.07. The van der Waals surface area contributed by atoms with Crippen LogP contribution in [0.1, 0.15) is 63.5 Å². The lowest BCUT2D eigenvalue weighted by Gasteiger charge is -2.29. The van der Waals surface area contributed by atoms with Gasteiger partial charge in [-0.05, 0) is 18.9 Å². The summed E-state index contributed by atoms with van der Waals surface area (Å²) >= 11 is 0. The predicted molar refractivity (Wildman–Crippen MR) is 73.8 cm³/mol. The smallest absolute Gasteiger partial charge is 0.125 e. The summed E-state index contributed by atoms with van der Waals surface area (Å²) in [5.41, 5.74) is 0.944. The average molecular weight is 248 g/mol. The Hall–Kier alpha value is -1.02. The van der Waals surface area contributed by atoms with E-state index in [1.807, 2.05) is 24.3 Å². The minimum Gasteiger partial charge on any atom is -0.490 e. The maximum Gasteiger partial charge on any atom is 0.125 e. The number of rotatable bonds is 6. The molecule has 100 valence electrons. The second kappa shape index (κ2) is 6.79. The van der Waals surface area contributed by atoms with Gasteiger partial charge < -0.3 is 9.84 Å². The SMILES string of the molecule is CCCCCCCC1C[C@H](O)c2ccccc2O1. The van der Waals surface area contributed by atoms with Crippen LogP contribution in [0.15, 0.2) is 24.3 Å². The predicted octanol–water partition coefficient (Wildman–Crippen LogP) is 4.23. The van der Waals surface area contributed by atoms with E-state index in [9.17, 15) is 5.11 Å². The highest BCUT2D eigenvalue weighted by Crippen LogP contribution is 2.35. The molecule has 0 aromatic heterocycles. The molecule has 2 nitrogen and oxygen atoms in total. The van der Waals surface area contributed by atoms with Crippen LogP contribution in [0, 0.1) is 0 Å². The highest BCUT2D eigenvalue weighted by molar-refractivity contribution is 5.36. The number of aliphatic hydroxyl groups is 1. The highest BCUT2D eigenvalue weighted by atomic mass is 16.5. The fourth-order valence-electron chi connectivity index (χ4n) is 2.62. The van der Waals surface area contributed by atoms with Gasteiger partial charge in [-0.3, -0.25) is 0 Å². The molecule has 0 aliphatic carbocycles. The Morgan fingerprint density at radius 3 is 2.78 bits per heavy atom. The first-order valence-corrected chi connectivity index (χ1v) is 7.25. The zero-order chi connectivity index (χ0) is 12.8. The van der Waals surface area contributed by atoms with Crippen molar-refractivity contribution in [3.8, 4) is 5.75 Å². The molecule has 18 heavy (non-hydrogen) atoms. The molecular formula is C16H24O2. The molecule has 1 unspecified atom stereocenters. The molecule has 0 bridgehead atoms. The Morgan fingerprint density at radius 1 is 1.17 bits per heavy atom. The molecule has 0 radical (unpaired) electrons. The molecule has 2 heteroatoms. The van der Waals surface area contributed by atoms with Crippen molar-refractivity contribution in [1.29, 1.82) is 0 Å². The van der Waals surface area contributed by atoms with Gasteiger partial charge in [0.25, 0.3) is 0 Å². The van der Waals surface area contributed by atoms with E-state index in [4.69, 9.17) is 4.74 Å². The molecule has 0 saturated carbocycles. The van der Waals surface area contributed by atoms with E-state index in [-0.39, 0.29) is 12.2 Å². The molecule has 1 heterocycles. The third kappa shape index (κ3) is 3.49. The number of hydrogen-bond acceptors (Lipinski definition) is 2. The zero-order valence-electron chi connectivity index (χ0n) is 11.3. The molecule has 2 atom stereocenters. The van der Waals surface area contributed by atoms with Gasteiger partial charge in [-0.15, -0.1) is 0 Å². The minimum atomic E-state index is -0.351. The molecule has 1 N–H and O–H groups in total. The number of ether oxygens (including phenoxy) is 1. The minimum absolute atomic E-state index is 0.191. The number of aliphatic hydroxyl groups excluding tert-OH is 1. The van der Waals surface area contributed by atoms with Crippen LogP contribution in [0.25, 0.3) is 0 Å². The van der Waals surface area contributed by atoms with Crippen LogP contribution in [-0.2, 0) is 0 Å². The lowest BCUT2D eigenvalue weighted by molar-refractivity contribution is 0.0605. The van der Waals surface area contributed by atoms with Gasteiger partial charge in [0.05, 0.1) is 6.10 Å². The van der Waals surface area contributed by atoms with Crippen molar-refractivity contribution in [2.75, 3.05) is 0 Å². The van der Waals surface area contributed by atoms with Gasteiger partial charge in [-0.1, -0.05) is 50.8 Å². The molecule has 1 aliphatic heterocycles. The maximum absolute atomic E-state index is 10.1. The Labute approximate surface area is 110 Å². The summed E-state index contributed by atoms with van der Waals surface area (Å²) in [6.45, 7) is 2.23. The molecular weight excluding hydrogens is 224 g/mol. The number of fused-ring (bicyclic) bond motifs is 1. The average Bonchev–Trinajstić information content (AvgIpc) is 2.39. The van der Waals surface area contributed by atoms with Crippen molar-refractivity contribution in [3.05, 3.63) is 29.8 Å². The van der Waals surface area contributed by atoms with E-state index in [1.54, 1.807) is 0 Å². The third-order valence-corrected chi connectivity index (χ3v) is 3.69. The molecule has 1 aromatic carbocycles. The van der Waals surface area contributed by atoms with E-state index in [0.29, 0.717) is 0 Å². The van der Waals surface area contributed by atoms with Gasteiger partial charge in [0.1, 0.15) is 11.9 Å². The number of benzene rings is 1.